The van der Waals surface area contributed by atoms with E-state index in [1.165, 1.54) is 0 Å². The molecule has 2 heterocycles. The lowest BCUT2D eigenvalue weighted by Crippen LogP contribution is -2.16. The molecule has 7 heteroatoms. The number of hydrogen-bond donors (Lipinski definition) is 2. The van der Waals surface area contributed by atoms with Gasteiger partial charge in [0.15, 0.2) is 5.65 Å². The first-order chi connectivity index (χ1) is 17.9. The van der Waals surface area contributed by atoms with Crippen LogP contribution in [0.1, 0.15) is 32.7 Å². The normalized spacial score (nSPS) is 10.9. The standard InChI is InChI=1S/C30H29N5O2/c1-19-10-11-20(2)26(16-19)33-30(36)25-18-32-29-27(21(3)34-35(29)23-8-6-5-7-9-23)28(25)31-17-22-12-14-24(37-4)15-13-22/h5-16,18H,17H2,1-4H3,(H,31,32)(H,33,36). The number of carbonyl (C=O) groups is 1. The van der Waals surface area contributed by atoms with E-state index >= 15 is 0 Å². The molecule has 186 valence electrons. The summed E-state index contributed by atoms with van der Waals surface area (Å²) >= 11 is 0. The number of hydrogen-bond acceptors (Lipinski definition) is 5. The Morgan fingerprint density at radius 2 is 1.73 bits per heavy atom. The summed E-state index contributed by atoms with van der Waals surface area (Å²) in [6.07, 6.45) is 1.62. The zero-order valence-corrected chi connectivity index (χ0v) is 21.4. The van der Waals surface area contributed by atoms with Gasteiger partial charge in [-0.15, -0.1) is 0 Å². The summed E-state index contributed by atoms with van der Waals surface area (Å²) in [6, 6.07) is 23.7. The molecule has 0 bridgehead atoms. The SMILES string of the molecule is COc1ccc(CNc2c(C(=O)Nc3cc(C)ccc3C)cnc3c2c(C)nn3-c2ccccc2)cc1. The molecule has 0 aliphatic rings. The molecule has 3 aromatic carbocycles. The van der Waals surface area contributed by atoms with E-state index in [2.05, 4.69) is 10.6 Å². The van der Waals surface area contributed by atoms with Crippen LogP contribution in [0.15, 0.2) is 79.0 Å². The number of ether oxygens (including phenoxy) is 1. The smallest absolute Gasteiger partial charge is 0.259 e. The molecular formula is C30H29N5O2. The van der Waals surface area contributed by atoms with Gasteiger partial charge in [0.2, 0.25) is 0 Å². The predicted molar refractivity (Wildman–Crippen MR) is 148 cm³/mol. The number of rotatable bonds is 7. The molecule has 0 radical (unpaired) electrons. The van der Waals surface area contributed by atoms with Crippen LogP contribution >= 0.6 is 0 Å². The number of nitrogens with zero attached hydrogens (tertiary/aromatic N) is 3. The Bertz CT molecular complexity index is 1570. The van der Waals surface area contributed by atoms with Crippen LogP contribution in [0.25, 0.3) is 16.7 Å². The summed E-state index contributed by atoms with van der Waals surface area (Å²) in [7, 11) is 1.65. The Morgan fingerprint density at radius 1 is 0.973 bits per heavy atom. The number of fused-ring (bicyclic) bond motifs is 1. The molecule has 0 atom stereocenters. The summed E-state index contributed by atoms with van der Waals surface area (Å²) in [5, 5.41) is 12.2. The highest BCUT2D eigenvalue weighted by atomic mass is 16.5. The molecule has 0 aliphatic carbocycles. The highest BCUT2D eigenvalue weighted by molar-refractivity contribution is 6.13. The van der Waals surface area contributed by atoms with Crippen LogP contribution < -0.4 is 15.4 Å². The average Bonchev–Trinajstić information content (AvgIpc) is 3.26. The van der Waals surface area contributed by atoms with Crippen molar-refractivity contribution in [1.82, 2.24) is 14.8 Å². The van der Waals surface area contributed by atoms with Crippen LogP contribution in [-0.4, -0.2) is 27.8 Å². The van der Waals surface area contributed by atoms with Crippen molar-refractivity contribution in [3.8, 4) is 11.4 Å². The van der Waals surface area contributed by atoms with Crippen molar-refractivity contribution in [2.24, 2.45) is 0 Å². The van der Waals surface area contributed by atoms with E-state index in [-0.39, 0.29) is 5.91 Å². The van der Waals surface area contributed by atoms with Gasteiger partial charge in [-0.3, -0.25) is 4.79 Å². The Morgan fingerprint density at radius 3 is 2.46 bits per heavy atom. The lowest BCUT2D eigenvalue weighted by molar-refractivity contribution is 0.102. The van der Waals surface area contributed by atoms with Gasteiger partial charge in [0.1, 0.15) is 5.75 Å². The van der Waals surface area contributed by atoms with E-state index in [0.717, 1.165) is 44.9 Å². The maximum absolute atomic E-state index is 13.6. The molecule has 0 unspecified atom stereocenters. The molecular weight excluding hydrogens is 462 g/mol. The second-order valence-corrected chi connectivity index (χ2v) is 9.05. The van der Waals surface area contributed by atoms with Crippen LogP contribution in [0, 0.1) is 20.8 Å². The monoisotopic (exact) mass is 491 g/mol. The molecule has 2 aromatic heterocycles. The van der Waals surface area contributed by atoms with Crippen molar-refractivity contribution in [3.05, 3.63) is 107 Å². The lowest BCUT2D eigenvalue weighted by Gasteiger charge is -2.15. The average molecular weight is 492 g/mol. The summed E-state index contributed by atoms with van der Waals surface area (Å²) in [5.74, 6) is 0.566. The van der Waals surface area contributed by atoms with Gasteiger partial charge >= 0.3 is 0 Å². The summed E-state index contributed by atoms with van der Waals surface area (Å²) in [4.78, 5) is 18.3. The molecule has 0 fully saturated rings. The quantitative estimate of drug-likeness (QED) is 0.283. The third-order valence-electron chi connectivity index (χ3n) is 6.39. The minimum Gasteiger partial charge on any atom is -0.497 e. The molecule has 2 N–H and O–H groups in total. The number of pyridine rings is 1. The molecule has 7 nitrogen and oxygen atoms in total. The number of para-hydroxylation sites is 1. The highest BCUT2D eigenvalue weighted by Gasteiger charge is 2.22. The molecule has 1 amide bonds. The van der Waals surface area contributed by atoms with Gasteiger partial charge < -0.3 is 15.4 Å². The summed E-state index contributed by atoms with van der Waals surface area (Å²) < 4.78 is 7.10. The first kappa shape index (κ1) is 24.1. The van der Waals surface area contributed by atoms with Gasteiger partial charge in [-0.1, -0.05) is 42.5 Å². The number of amides is 1. The first-order valence-electron chi connectivity index (χ1n) is 12.1. The Balaban J connectivity index is 1.59. The van der Waals surface area contributed by atoms with Crippen molar-refractivity contribution in [3.63, 3.8) is 0 Å². The maximum Gasteiger partial charge on any atom is 0.259 e. The van der Waals surface area contributed by atoms with Crippen LogP contribution in [-0.2, 0) is 6.54 Å². The molecule has 5 rings (SSSR count). The van der Waals surface area contributed by atoms with Crippen molar-refractivity contribution in [1.29, 1.82) is 0 Å². The lowest BCUT2D eigenvalue weighted by atomic mass is 10.1. The number of carbonyl (C=O) groups excluding carboxylic acids is 1. The molecule has 37 heavy (non-hydrogen) atoms. The molecule has 0 aliphatic heterocycles. The van der Waals surface area contributed by atoms with Gasteiger partial charge in [0.25, 0.3) is 5.91 Å². The second kappa shape index (κ2) is 10.1. The van der Waals surface area contributed by atoms with E-state index < -0.39 is 0 Å². The topological polar surface area (TPSA) is 81.1 Å². The van der Waals surface area contributed by atoms with Crippen molar-refractivity contribution >= 4 is 28.3 Å². The zero-order chi connectivity index (χ0) is 25.9. The van der Waals surface area contributed by atoms with E-state index in [1.54, 1.807) is 13.3 Å². The van der Waals surface area contributed by atoms with Crippen LogP contribution in [0.2, 0.25) is 0 Å². The Labute approximate surface area is 216 Å². The van der Waals surface area contributed by atoms with Gasteiger partial charge in [-0.2, -0.15) is 5.10 Å². The number of aromatic nitrogens is 3. The van der Waals surface area contributed by atoms with Gasteiger partial charge in [-0.05, 0) is 67.8 Å². The largest absolute Gasteiger partial charge is 0.497 e. The number of methoxy groups -OCH3 is 1. The van der Waals surface area contributed by atoms with E-state index in [4.69, 9.17) is 14.8 Å². The first-order valence-corrected chi connectivity index (χ1v) is 12.1. The van der Waals surface area contributed by atoms with Crippen LogP contribution in [0.5, 0.6) is 5.75 Å². The van der Waals surface area contributed by atoms with Crippen molar-refractivity contribution in [2.75, 3.05) is 17.7 Å². The summed E-state index contributed by atoms with van der Waals surface area (Å²) in [5.41, 5.74) is 7.43. The van der Waals surface area contributed by atoms with E-state index in [0.29, 0.717) is 23.4 Å². The predicted octanol–water partition coefficient (Wildman–Crippen LogP) is 6.22. The second-order valence-electron chi connectivity index (χ2n) is 9.05. The maximum atomic E-state index is 13.6. The summed E-state index contributed by atoms with van der Waals surface area (Å²) in [6.45, 7) is 6.44. The van der Waals surface area contributed by atoms with Crippen molar-refractivity contribution < 1.29 is 9.53 Å². The van der Waals surface area contributed by atoms with Crippen molar-refractivity contribution in [2.45, 2.75) is 27.3 Å². The Kier molecular flexibility index (Phi) is 6.60. The van der Waals surface area contributed by atoms with E-state index in [9.17, 15) is 4.79 Å². The van der Waals surface area contributed by atoms with Gasteiger partial charge in [-0.25, -0.2) is 9.67 Å². The van der Waals surface area contributed by atoms with Crippen LogP contribution in [0.4, 0.5) is 11.4 Å². The third-order valence-corrected chi connectivity index (χ3v) is 6.39. The fraction of sp³-hybridized carbons (Fsp3) is 0.167. The Hall–Kier alpha value is -4.65. The fourth-order valence-electron chi connectivity index (χ4n) is 4.35. The molecule has 0 saturated carbocycles. The van der Waals surface area contributed by atoms with Gasteiger partial charge in [0, 0.05) is 18.4 Å². The highest BCUT2D eigenvalue weighted by Crippen LogP contribution is 2.32. The molecule has 5 aromatic rings. The number of benzene rings is 3. The minimum absolute atomic E-state index is 0.229. The zero-order valence-electron chi connectivity index (χ0n) is 21.4. The van der Waals surface area contributed by atoms with E-state index in [1.807, 2.05) is 98.2 Å². The fourth-order valence-corrected chi connectivity index (χ4v) is 4.35. The number of anilines is 2. The molecule has 0 saturated heterocycles. The van der Waals surface area contributed by atoms with Crippen LogP contribution in [0.3, 0.4) is 0 Å². The number of nitrogens with one attached hydrogen (secondary N) is 2. The number of aryl methyl sites for hydroxylation is 3. The third kappa shape index (κ3) is 4.89. The minimum atomic E-state index is -0.229. The molecule has 0 spiro atoms. The van der Waals surface area contributed by atoms with Gasteiger partial charge in [0.05, 0.1) is 35.1 Å².